The van der Waals surface area contributed by atoms with Gasteiger partial charge in [-0.15, -0.1) is 0 Å². The number of carbonyl (C=O) groups is 1. The Morgan fingerprint density at radius 1 is 1.52 bits per heavy atom. The third kappa shape index (κ3) is 4.12. The van der Waals surface area contributed by atoms with E-state index in [1.54, 1.807) is 6.07 Å². The van der Waals surface area contributed by atoms with E-state index in [2.05, 4.69) is 4.98 Å². The molecular weight excluding hydrogens is 312 g/mol. The number of carboxylic acids is 1. The molecule has 1 aromatic carbocycles. The highest BCUT2D eigenvalue weighted by Crippen LogP contribution is 2.28. The van der Waals surface area contributed by atoms with Crippen LogP contribution in [0.4, 0.5) is 0 Å². The maximum Gasteiger partial charge on any atom is 0.313 e. The van der Waals surface area contributed by atoms with Gasteiger partial charge in [-0.1, -0.05) is 29.4 Å². The lowest BCUT2D eigenvalue weighted by Gasteiger charge is -2.11. The number of aliphatic carboxylic acids is 1. The second kappa shape index (κ2) is 7.15. The van der Waals surface area contributed by atoms with E-state index < -0.39 is 5.97 Å². The van der Waals surface area contributed by atoms with Crippen LogP contribution in [0.25, 0.3) is 11.0 Å². The molecule has 0 radical (unpaired) electrons. The van der Waals surface area contributed by atoms with Gasteiger partial charge in [-0.3, -0.25) is 4.79 Å². The van der Waals surface area contributed by atoms with E-state index in [1.807, 2.05) is 30.5 Å². The molecule has 7 heteroatoms. The molecule has 0 saturated heterocycles. The van der Waals surface area contributed by atoms with Gasteiger partial charge in [0.1, 0.15) is 5.52 Å². The zero-order valence-corrected chi connectivity index (χ0v) is 13.4. The number of thioether (sulfide) groups is 1. The van der Waals surface area contributed by atoms with Crippen molar-refractivity contribution in [3.05, 3.63) is 23.2 Å². The van der Waals surface area contributed by atoms with Crippen molar-refractivity contribution >= 4 is 40.4 Å². The lowest BCUT2D eigenvalue weighted by Crippen LogP contribution is -2.11. The number of para-hydroxylation sites is 1. The van der Waals surface area contributed by atoms with Crippen LogP contribution in [0.3, 0.4) is 0 Å². The highest BCUT2D eigenvalue weighted by atomic mass is 35.5. The first-order chi connectivity index (χ1) is 9.99. The van der Waals surface area contributed by atoms with Crippen LogP contribution in [-0.4, -0.2) is 39.1 Å². The third-order valence-electron chi connectivity index (χ3n) is 2.79. The summed E-state index contributed by atoms with van der Waals surface area (Å²) >= 11 is 7.34. The average molecular weight is 329 g/mol. The van der Waals surface area contributed by atoms with Gasteiger partial charge in [0.15, 0.2) is 5.16 Å². The molecule has 0 unspecified atom stereocenters. The number of fused-ring (bicyclic) bond motifs is 1. The van der Waals surface area contributed by atoms with Crippen LogP contribution in [0, 0.1) is 0 Å². The third-order valence-corrected chi connectivity index (χ3v) is 4.05. The quantitative estimate of drug-likeness (QED) is 0.790. The van der Waals surface area contributed by atoms with Gasteiger partial charge in [0, 0.05) is 6.54 Å². The molecule has 21 heavy (non-hydrogen) atoms. The van der Waals surface area contributed by atoms with Crippen LogP contribution in [0.1, 0.15) is 13.8 Å². The normalized spacial score (nSPS) is 11.4. The fraction of sp³-hybridized carbons (Fsp3) is 0.429. The zero-order valence-electron chi connectivity index (χ0n) is 11.9. The van der Waals surface area contributed by atoms with Gasteiger partial charge in [-0.2, -0.15) is 0 Å². The first-order valence-electron chi connectivity index (χ1n) is 6.60. The number of hydrogen-bond acceptors (Lipinski definition) is 4. The molecule has 1 aromatic heterocycles. The molecule has 0 atom stereocenters. The lowest BCUT2D eigenvalue weighted by molar-refractivity contribution is -0.133. The van der Waals surface area contributed by atoms with Gasteiger partial charge >= 0.3 is 5.97 Å². The monoisotopic (exact) mass is 328 g/mol. The van der Waals surface area contributed by atoms with E-state index >= 15 is 0 Å². The van der Waals surface area contributed by atoms with Crippen molar-refractivity contribution in [1.29, 1.82) is 0 Å². The van der Waals surface area contributed by atoms with E-state index in [-0.39, 0.29) is 11.9 Å². The summed E-state index contributed by atoms with van der Waals surface area (Å²) < 4.78 is 7.52. The molecule has 1 N–H and O–H groups in total. The summed E-state index contributed by atoms with van der Waals surface area (Å²) in [5.74, 6) is -0.908. The van der Waals surface area contributed by atoms with E-state index in [9.17, 15) is 4.79 Å². The van der Waals surface area contributed by atoms with Gasteiger partial charge < -0.3 is 14.4 Å². The molecular formula is C14H17ClN2O3S. The van der Waals surface area contributed by atoms with Gasteiger partial charge in [-0.05, 0) is 26.0 Å². The molecule has 0 spiro atoms. The summed E-state index contributed by atoms with van der Waals surface area (Å²) in [5, 5.41) is 10.0. The fourth-order valence-electron chi connectivity index (χ4n) is 1.92. The van der Waals surface area contributed by atoms with Crippen LogP contribution in [-0.2, 0) is 16.1 Å². The summed E-state index contributed by atoms with van der Waals surface area (Å²) in [5.41, 5.74) is 1.58. The van der Waals surface area contributed by atoms with Crippen molar-refractivity contribution in [1.82, 2.24) is 9.55 Å². The lowest BCUT2D eigenvalue weighted by atomic mass is 10.3. The number of aromatic nitrogens is 2. The minimum Gasteiger partial charge on any atom is -0.481 e. The van der Waals surface area contributed by atoms with Gasteiger partial charge in [0.2, 0.25) is 0 Å². The van der Waals surface area contributed by atoms with Crippen molar-refractivity contribution in [3.8, 4) is 0 Å². The Morgan fingerprint density at radius 3 is 2.95 bits per heavy atom. The van der Waals surface area contributed by atoms with Crippen molar-refractivity contribution in [3.63, 3.8) is 0 Å². The summed E-state index contributed by atoms with van der Waals surface area (Å²) in [6.45, 7) is 5.10. The van der Waals surface area contributed by atoms with Crippen LogP contribution in [0.2, 0.25) is 5.02 Å². The van der Waals surface area contributed by atoms with Gasteiger partial charge in [-0.25, -0.2) is 4.98 Å². The molecule has 0 aliphatic rings. The Morgan fingerprint density at radius 2 is 2.29 bits per heavy atom. The molecule has 0 fully saturated rings. The summed E-state index contributed by atoms with van der Waals surface area (Å²) in [4.78, 5) is 15.2. The number of hydrogen-bond donors (Lipinski definition) is 1. The maximum atomic E-state index is 10.8. The second-order valence-electron chi connectivity index (χ2n) is 4.76. The standard InChI is InChI=1S/C14H17ClN2O3S/c1-9(2)20-7-6-17-11-5-3-4-10(15)13(11)16-14(17)21-8-12(18)19/h3-5,9H,6-8H2,1-2H3,(H,18,19). The summed E-state index contributed by atoms with van der Waals surface area (Å²) in [7, 11) is 0. The van der Waals surface area contributed by atoms with Crippen LogP contribution in [0.15, 0.2) is 23.4 Å². The number of halogens is 1. The second-order valence-corrected chi connectivity index (χ2v) is 6.11. The minimum atomic E-state index is -0.872. The Kier molecular flexibility index (Phi) is 5.50. The molecule has 0 amide bonds. The van der Waals surface area contributed by atoms with Crippen molar-refractivity contribution in [2.75, 3.05) is 12.4 Å². The molecule has 2 aromatic rings. The van der Waals surface area contributed by atoms with Gasteiger partial charge in [0.25, 0.3) is 0 Å². The number of rotatable bonds is 7. The van der Waals surface area contributed by atoms with E-state index in [1.165, 1.54) is 11.8 Å². The fourth-order valence-corrected chi connectivity index (χ4v) is 2.89. The molecule has 2 rings (SSSR count). The van der Waals surface area contributed by atoms with Gasteiger partial charge in [0.05, 0.1) is 29.0 Å². The van der Waals surface area contributed by atoms with Crippen molar-refractivity contribution < 1.29 is 14.6 Å². The average Bonchev–Trinajstić information content (AvgIpc) is 2.76. The molecule has 0 bridgehead atoms. The van der Waals surface area contributed by atoms with Crippen LogP contribution in [0.5, 0.6) is 0 Å². The SMILES string of the molecule is CC(C)OCCn1c(SCC(=O)O)nc2c(Cl)cccc21. The summed E-state index contributed by atoms with van der Waals surface area (Å²) in [6, 6.07) is 5.56. The Bertz CT molecular complexity index is 642. The summed E-state index contributed by atoms with van der Waals surface area (Å²) in [6.07, 6.45) is 0.151. The van der Waals surface area contributed by atoms with Crippen molar-refractivity contribution in [2.24, 2.45) is 0 Å². The number of benzene rings is 1. The first kappa shape index (κ1) is 16.1. The maximum absolute atomic E-state index is 10.8. The molecule has 5 nitrogen and oxygen atoms in total. The first-order valence-corrected chi connectivity index (χ1v) is 7.96. The molecule has 0 aliphatic carbocycles. The number of nitrogens with zero attached hydrogens (tertiary/aromatic N) is 2. The Labute approximate surface area is 132 Å². The highest BCUT2D eigenvalue weighted by molar-refractivity contribution is 7.99. The number of ether oxygens (including phenoxy) is 1. The molecule has 0 aliphatic heterocycles. The predicted octanol–water partition coefficient (Wildman–Crippen LogP) is 3.29. The van der Waals surface area contributed by atoms with E-state index in [4.69, 9.17) is 21.4 Å². The number of imidazole rings is 1. The topological polar surface area (TPSA) is 64.3 Å². The Balaban J connectivity index is 2.30. The van der Waals surface area contributed by atoms with E-state index in [0.29, 0.717) is 28.8 Å². The van der Waals surface area contributed by atoms with Crippen molar-refractivity contribution in [2.45, 2.75) is 31.7 Å². The minimum absolute atomic E-state index is 0.0357. The number of carboxylic acid groups (broad SMARTS) is 1. The highest BCUT2D eigenvalue weighted by Gasteiger charge is 2.14. The Hall–Kier alpha value is -1.24. The smallest absolute Gasteiger partial charge is 0.313 e. The van der Waals surface area contributed by atoms with Crippen LogP contribution >= 0.6 is 23.4 Å². The zero-order chi connectivity index (χ0) is 15.4. The molecule has 0 saturated carbocycles. The van der Waals surface area contributed by atoms with E-state index in [0.717, 1.165) is 5.52 Å². The molecule has 114 valence electrons. The largest absolute Gasteiger partial charge is 0.481 e. The predicted molar refractivity (Wildman–Crippen MR) is 84.2 cm³/mol. The van der Waals surface area contributed by atoms with Crippen LogP contribution < -0.4 is 0 Å². The molecule has 1 heterocycles.